The minimum Gasteiger partial charge on any atom is -0.454 e. The Labute approximate surface area is 197 Å². The molecular formula is C25H16BrNO6. The number of fused-ring (bicyclic) bond motifs is 1. The molecule has 1 aliphatic heterocycles. The van der Waals surface area contributed by atoms with Crippen molar-refractivity contribution in [3.8, 4) is 0 Å². The number of Topliss-reactive ketones (excluding diaryl/α,β-unsaturated/α-hetero) is 2. The largest absolute Gasteiger partial charge is 0.454 e. The van der Waals surface area contributed by atoms with Gasteiger partial charge in [-0.1, -0.05) is 28.1 Å². The van der Waals surface area contributed by atoms with Crippen LogP contribution >= 0.6 is 15.9 Å². The summed E-state index contributed by atoms with van der Waals surface area (Å²) in [5, 5.41) is 0. The van der Waals surface area contributed by atoms with E-state index in [2.05, 4.69) is 15.9 Å². The van der Waals surface area contributed by atoms with Crippen molar-refractivity contribution in [3.05, 3.63) is 99.0 Å². The van der Waals surface area contributed by atoms with Crippen molar-refractivity contribution in [1.29, 1.82) is 0 Å². The van der Waals surface area contributed by atoms with Crippen molar-refractivity contribution in [2.45, 2.75) is 6.92 Å². The van der Waals surface area contributed by atoms with Crippen molar-refractivity contribution in [2.24, 2.45) is 0 Å². The smallest absolute Gasteiger partial charge is 0.338 e. The van der Waals surface area contributed by atoms with Crippen LogP contribution in [0.25, 0.3) is 0 Å². The normalized spacial score (nSPS) is 12.5. The monoisotopic (exact) mass is 505 g/mol. The maximum Gasteiger partial charge on any atom is 0.338 e. The van der Waals surface area contributed by atoms with Gasteiger partial charge < -0.3 is 4.74 Å². The number of carbonyl (C=O) groups is 5. The van der Waals surface area contributed by atoms with E-state index in [1.807, 2.05) is 0 Å². The number of amides is 2. The number of ketones is 2. The summed E-state index contributed by atoms with van der Waals surface area (Å²) in [4.78, 5) is 62.8. The van der Waals surface area contributed by atoms with Crippen molar-refractivity contribution in [2.75, 3.05) is 11.5 Å². The van der Waals surface area contributed by atoms with E-state index in [-0.39, 0.29) is 28.3 Å². The van der Waals surface area contributed by atoms with Crippen LogP contribution in [0.2, 0.25) is 0 Å². The van der Waals surface area contributed by atoms with Crippen LogP contribution in [0.3, 0.4) is 0 Å². The van der Waals surface area contributed by atoms with Gasteiger partial charge >= 0.3 is 5.97 Å². The van der Waals surface area contributed by atoms with E-state index in [1.54, 1.807) is 24.3 Å². The van der Waals surface area contributed by atoms with E-state index in [0.29, 0.717) is 16.8 Å². The van der Waals surface area contributed by atoms with E-state index < -0.39 is 24.4 Å². The molecule has 2 amide bonds. The molecule has 0 atom stereocenters. The lowest BCUT2D eigenvalue weighted by Crippen LogP contribution is -2.29. The molecule has 0 aromatic heterocycles. The highest BCUT2D eigenvalue weighted by Crippen LogP contribution is 2.29. The molecule has 1 aliphatic rings. The zero-order valence-electron chi connectivity index (χ0n) is 17.3. The third-order valence-electron chi connectivity index (χ3n) is 5.15. The number of hydrogen-bond acceptors (Lipinski definition) is 6. The number of rotatable bonds is 6. The van der Waals surface area contributed by atoms with E-state index in [1.165, 1.54) is 49.4 Å². The number of halogens is 1. The summed E-state index contributed by atoms with van der Waals surface area (Å²) in [7, 11) is 0. The Morgan fingerprint density at radius 1 is 0.788 bits per heavy atom. The molecule has 7 nitrogen and oxygen atoms in total. The molecule has 8 heteroatoms. The Morgan fingerprint density at radius 2 is 1.36 bits per heavy atom. The number of benzene rings is 3. The molecule has 0 fully saturated rings. The molecule has 0 aliphatic carbocycles. The number of esters is 1. The second-order valence-corrected chi connectivity index (χ2v) is 8.23. The first kappa shape index (κ1) is 22.3. The van der Waals surface area contributed by atoms with Crippen molar-refractivity contribution in [3.63, 3.8) is 0 Å². The Balaban J connectivity index is 1.50. The van der Waals surface area contributed by atoms with Crippen LogP contribution in [0, 0.1) is 0 Å². The highest BCUT2D eigenvalue weighted by molar-refractivity contribution is 9.10. The van der Waals surface area contributed by atoms with Gasteiger partial charge in [-0.05, 0) is 61.5 Å². The predicted molar refractivity (Wildman–Crippen MR) is 123 cm³/mol. The quantitative estimate of drug-likeness (QED) is 0.278. The maximum absolute atomic E-state index is 12.9. The third-order valence-corrected chi connectivity index (χ3v) is 5.68. The second-order valence-electron chi connectivity index (χ2n) is 7.32. The highest BCUT2D eigenvalue weighted by atomic mass is 79.9. The van der Waals surface area contributed by atoms with Crippen molar-refractivity contribution < 1.29 is 28.7 Å². The third kappa shape index (κ3) is 4.38. The lowest BCUT2D eigenvalue weighted by atomic mass is 10.1. The first-order valence-corrected chi connectivity index (χ1v) is 10.7. The molecule has 0 N–H and O–H groups in total. The van der Waals surface area contributed by atoms with Crippen LogP contribution in [0.15, 0.2) is 71.2 Å². The fraction of sp³-hybridized carbons (Fsp3) is 0.0800. The summed E-state index contributed by atoms with van der Waals surface area (Å²) in [5.74, 6) is -2.41. The molecule has 3 aromatic rings. The number of anilines is 1. The number of carbonyl (C=O) groups excluding carboxylic acids is 5. The molecule has 0 saturated heterocycles. The van der Waals surface area contributed by atoms with Crippen LogP contribution in [0.5, 0.6) is 0 Å². The molecule has 0 bridgehead atoms. The minimum absolute atomic E-state index is 0.0484. The van der Waals surface area contributed by atoms with Gasteiger partial charge in [0, 0.05) is 15.6 Å². The van der Waals surface area contributed by atoms with E-state index in [9.17, 15) is 24.0 Å². The number of imide groups is 1. The Kier molecular flexibility index (Phi) is 6.02. The van der Waals surface area contributed by atoms with Crippen molar-refractivity contribution >= 4 is 51.0 Å². The van der Waals surface area contributed by atoms with Gasteiger partial charge in [0.2, 0.25) is 0 Å². The Hall–Kier alpha value is -3.91. The average Bonchev–Trinajstić information content (AvgIpc) is 3.07. The molecule has 0 saturated carbocycles. The molecule has 0 spiro atoms. The van der Waals surface area contributed by atoms with E-state index >= 15 is 0 Å². The molecule has 1 heterocycles. The van der Waals surface area contributed by atoms with Gasteiger partial charge in [0.25, 0.3) is 11.8 Å². The fourth-order valence-corrected chi connectivity index (χ4v) is 3.65. The number of nitrogens with zero attached hydrogens (tertiary/aromatic N) is 1. The summed E-state index contributed by atoms with van der Waals surface area (Å²) in [6.45, 7) is 0.961. The first-order valence-electron chi connectivity index (χ1n) is 9.86. The van der Waals surface area contributed by atoms with Gasteiger partial charge in [-0.2, -0.15) is 0 Å². The van der Waals surface area contributed by atoms with Crippen LogP contribution in [0.1, 0.15) is 58.7 Å². The van der Waals surface area contributed by atoms with E-state index in [4.69, 9.17) is 4.74 Å². The van der Waals surface area contributed by atoms with Gasteiger partial charge in [0.05, 0.1) is 22.4 Å². The summed E-state index contributed by atoms with van der Waals surface area (Å²) < 4.78 is 5.92. The van der Waals surface area contributed by atoms with Crippen LogP contribution in [0.4, 0.5) is 5.69 Å². The standard InChI is InChI=1S/C25H16BrNO6/c1-14(28)15-4-9-19(10-5-15)27-23(30)20-11-6-17(12-21(20)24(27)31)25(32)33-13-22(29)16-2-7-18(26)8-3-16/h2-12H,13H2,1H3. The second kappa shape index (κ2) is 8.91. The lowest BCUT2D eigenvalue weighted by molar-refractivity contribution is 0.0474. The topological polar surface area (TPSA) is 97.8 Å². The first-order chi connectivity index (χ1) is 15.8. The van der Waals surface area contributed by atoms with Gasteiger partial charge in [-0.25, -0.2) is 9.69 Å². The molecule has 4 rings (SSSR count). The molecular weight excluding hydrogens is 490 g/mol. The predicted octanol–water partition coefficient (Wildman–Crippen LogP) is 4.49. The molecule has 164 valence electrons. The summed E-state index contributed by atoms with van der Waals surface area (Å²) in [6.07, 6.45) is 0. The summed E-state index contributed by atoms with van der Waals surface area (Å²) in [6, 6.07) is 16.8. The van der Waals surface area contributed by atoms with Gasteiger partial charge in [0.15, 0.2) is 18.2 Å². The van der Waals surface area contributed by atoms with Gasteiger partial charge in [-0.3, -0.25) is 19.2 Å². The van der Waals surface area contributed by atoms with Crippen LogP contribution in [-0.4, -0.2) is 36.0 Å². The SMILES string of the molecule is CC(=O)c1ccc(N2C(=O)c3ccc(C(=O)OCC(=O)c4ccc(Br)cc4)cc3C2=O)cc1. The zero-order valence-corrected chi connectivity index (χ0v) is 18.9. The summed E-state index contributed by atoms with van der Waals surface area (Å²) in [5.41, 5.74) is 1.43. The highest BCUT2D eigenvalue weighted by Gasteiger charge is 2.37. The zero-order chi connectivity index (χ0) is 23.7. The average molecular weight is 506 g/mol. The number of ether oxygens (including phenoxy) is 1. The van der Waals surface area contributed by atoms with Crippen molar-refractivity contribution in [1.82, 2.24) is 0 Å². The minimum atomic E-state index is -0.784. The Morgan fingerprint density at radius 3 is 2.00 bits per heavy atom. The van der Waals surface area contributed by atoms with Crippen LogP contribution in [-0.2, 0) is 4.74 Å². The molecule has 0 radical (unpaired) electrons. The fourth-order valence-electron chi connectivity index (χ4n) is 3.38. The van der Waals surface area contributed by atoms with E-state index in [0.717, 1.165) is 9.37 Å². The molecule has 0 unspecified atom stereocenters. The lowest BCUT2D eigenvalue weighted by Gasteiger charge is -2.13. The summed E-state index contributed by atoms with van der Waals surface area (Å²) >= 11 is 3.28. The Bertz CT molecular complexity index is 1310. The maximum atomic E-state index is 12.9. The van der Waals surface area contributed by atoms with Crippen LogP contribution < -0.4 is 4.90 Å². The molecule has 33 heavy (non-hydrogen) atoms. The van der Waals surface area contributed by atoms with Gasteiger partial charge in [-0.15, -0.1) is 0 Å². The van der Waals surface area contributed by atoms with Gasteiger partial charge in [0.1, 0.15) is 0 Å². The number of hydrogen-bond donors (Lipinski definition) is 0. The molecule has 3 aromatic carbocycles.